The lowest BCUT2D eigenvalue weighted by molar-refractivity contribution is -0.147. The Hall–Kier alpha value is -1.10. The number of hydrogen-bond acceptors (Lipinski definition) is 3. The summed E-state index contributed by atoms with van der Waals surface area (Å²) in [4.78, 5) is 25.2. The van der Waals surface area contributed by atoms with Gasteiger partial charge >= 0.3 is 11.8 Å². The monoisotopic (exact) mass is 256 g/mol. The maximum absolute atomic E-state index is 11.9. The van der Waals surface area contributed by atoms with Crippen LogP contribution in [0.5, 0.6) is 0 Å². The number of aliphatic hydroxyl groups is 1. The smallest absolute Gasteiger partial charge is 0.311 e. The summed E-state index contributed by atoms with van der Waals surface area (Å²) in [6, 6.07) is -0.146. The van der Waals surface area contributed by atoms with E-state index in [4.69, 9.17) is 5.11 Å². The Morgan fingerprint density at radius 3 is 2.44 bits per heavy atom. The van der Waals surface area contributed by atoms with Gasteiger partial charge in [0, 0.05) is 13.1 Å². The van der Waals surface area contributed by atoms with E-state index in [1.54, 1.807) is 11.9 Å². The van der Waals surface area contributed by atoms with Crippen molar-refractivity contribution in [3.05, 3.63) is 0 Å². The van der Waals surface area contributed by atoms with Gasteiger partial charge in [0.2, 0.25) is 0 Å². The van der Waals surface area contributed by atoms with E-state index >= 15 is 0 Å². The molecule has 2 N–H and O–H groups in total. The van der Waals surface area contributed by atoms with Crippen molar-refractivity contribution >= 4 is 11.8 Å². The third kappa shape index (κ3) is 3.98. The Bertz CT molecular complexity index is 284. The van der Waals surface area contributed by atoms with Crippen LogP contribution in [0.3, 0.4) is 0 Å². The van der Waals surface area contributed by atoms with Gasteiger partial charge < -0.3 is 15.3 Å². The number of hydrogen-bond donors (Lipinski definition) is 2. The highest BCUT2D eigenvalue weighted by atomic mass is 16.3. The molecule has 0 aromatic carbocycles. The standard InChI is InChI=1S/C13H24N2O3/c1-3-10(9-16)14-12(17)13(18)15(2)11-7-5-4-6-8-11/h10-11,16H,3-9H2,1-2H3,(H,14,17). The zero-order valence-electron chi connectivity index (χ0n) is 11.3. The molecule has 1 rings (SSSR count). The topological polar surface area (TPSA) is 69.6 Å². The van der Waals surface area contributed by atoms with Crippen LogP contribution < -0.4 is 5.32 Å². The van der Waals surface area contributed by atoms with Crippen LogP contribution in [-0.2, 0) is 9.59 Å². The van der Waals surface area contributed by atoms with Crippen molar-refractivity contribution in [1.82, 2.24) is 10.2 Å². The largest absolute Gasteiger partial charge is 0.394 e. The highest BCUT2D eigenvalue weighted by molar-refractivity contribution is 6.35. The fraction of sp³-hybridized carbons (Fsp3) is 0.846. The molecule has 0 aliphatic heterocycles. The molecular formula is C13H24N2O3. The van der Waals surface area contributed by atoms with Crippen molar-refractivity contribution < 1.29 is 14.7 Å². The minimum Gasteiger partial charge on any atom is -0.394 e. The normalized spacial score (nSPS) is 18.2. The molecule has 1 atom stereocenters. The molecule has 0 saturated heterocycles. The lowest BCUT2D eigenvalue weighted by Crippen LogP contribution is -2.49. The number of nitrogens with one attached hydrogen (secondary N) is 1. The predicted octanol–water partition coefficient (Wildman–Crippen LogP) is 0.665. The van der Waals surface area contributed by atoms with Crippen LogP contribution in [0.15, 0.2) is 0 Å². The summed E-state index contributed by atoms with van der Waals surface area (Å²) in [5.41, 5.74) is 0. The molecule has 0 radical (unpaired) electrons. The van der Waals surface area contributed by atoms with Gasteiger partial charge in [0.05, 0.1) is 12.6 Å². The quantitative estimate of drug-likeness (QED) is 0.726. The molecule has 2 amide bonds. The molecule has 5 heteroatoms. The second kappa shape index (κ2) is 7.36. The lowest BCUT2D eigenvalue weighted by Gasteiger charge is -2.31. The third-order valence-corrected chi connectivity index (χ3v) is 3.69. The Morgan fingerprint density at radius 1 is 1.33 bits per heavy atom. The zero-order chi connectivity index (χ0) is 13.5. The van der Waals surface area contributed by atoms with Gasteiger partial charge in [0.15, 0.2) is 0 Å². The first-order valence-corrected chi connectivity index (χ1v) is 6.78. The van der Waals surface area contributed by atoms with E-state index in [2.05, 4.69) is 5.32 Å². The third-order valence-electron chi connectivity index (χ3n) is 3.69. The Kier molecular flexibility index (Phi) is 6.12. The van der Waals surface area contributed by atoms with Gasteiger partial charge in [-0.1, -0.05) is 26.2 Å². The van der Waals surface area contributed by atoms with Crippen LogP contribution in [0.2, 0.25) is 0 Å². The van der Waals surface area contributed by atoms with Gasteiger partial charge in [-0.15, -0.1) is 0 Å². The van der Waals surface area contributed by atoms with Crippen LogP contribution in [0.25, 0.3) is 0 Å². The van der Waals surface area contributed by atoms with Crippen molar-refractivity contribution in [2.24, 2.45) is 0 Å². The summed E-state index contributed by atoms with van der Waals surface area (Å²) in [5, 5.41) is 11.6. The highest BCUT2D eigenvalue weighted by Crippen LogP contribution is 2.21. The molecule has 0 aromatic heterocycles. The fourth-order valence-corrected chi connectivity index (χ4v) is 2.32. The fourth-order valence-electron chi connectivity index (χ4n) is 2.32. The van der Waals surface area contributed by atoms with Crippen molar-refractivity contribution in [3.63, 3.8) is 0 Å². The molecular weight excluding hydrogens is 232 g/mol. The van der Waals surface area contributed by atoms with E-state index in [1.165, 1.54) is 6.42 Å². The summed E-state index contributed by atoms with van der Waals surface area (Å²) >= 11 is 0. The second-order valence-electron chi connectivity index (χ2n) is 4.97. The van der Waals surface area contributed by atoms with Crippen LogP contribution in [0, 0.1) is 0 Å². The Labute approximate surface area is 109 Å². The zero-order valence-corrected chi connectivity index (χ0v) is 11.3. The van der Waals surface area contributed by atoms with E-state index < -0.39 is 11.8 Å². The van der Waals surface area contributed by atoms with Gasteiger partial charge in [-0.25, -0.2) is 0 Å². The van der Waals surface area contributed by atoms with Gasteiger partial charge in [0.1, 0.15) is 0 Å². The van der Waals surface area contributed by atoms with E-state index in [0.29, 0.717) is 6.42 Å². The molecule has 0 bridgehead atoms. The Balaban J connectivity index is 2.48. The lowest BCUT2D eigenvalue weighted by atomic mass is 9.94. The molecule has 1 saturated carbocycles. The average molecular weight is 256 g/mol. The average Bonchev–Trinajstić information content (AvgIpc) is 2.43. The molecule has 0 aromatic rings. The SMILES string of the molecule is CCC(CO)NC(=O)C(=O)N(C)C1CCCCC1. The summed E-state index contributed by atoms with van der Waals surface area (Å²) < 4.78 is 0. The predicted molar refractivity (Wildman–Crippen MR) is 69.0 cm³/mol. The molecule has 1 aliphatic carbocycles. The van der Waals surface area contributed by atoms with Gasteiger partial charge in [-0.3, -0.25) is 9.59 Å². The number of carbonyl (C=O) groups is 2. The van der Waals surface area contributed by atoms with Crippen LogP contribution in [0.1, 0.15) is 45.4 Å². The molecule has 1 unspecified atom stereocenters. The van der Waals surface area contributed by atoms with Gasteiger partial charge in [-0.05, 0) is 19.3 Å². The molecule has 0 heterocycles. The maximum Gasteiger partial charge on any atom is 0.311 e. The number of nitrogens with zero attached hydrogens (tertiary/aromatic N) is 1. The van der Waals surface area contributed by atoms with E-state index in [-0.39, 0.29) is 18.7 Å². The van der Waals surface area contributed by atoms with Gasteiger partial charge in [0.25, 0.3) is 0 Å². The number of carbonyl (C=O) groups excluding carboxylic acids is 2. The second-order valence-corrected chi connectivity index (χ2v) is 4.97. The van der Waals surface area contributed by atoms with E-state index in [0.717, 1.165) is 25.7 Å². The van der Waals surface area contributed by atoms with Gasteiger partial charge in [-0.2, -0.15) is 0 Å². The van der Waals surface area contributed by atoms with Crippen molar-refractivity contribution in [1.29, 1.82) is 0 Å². The molecule has 1 aliphatic rings. The van der Waals surface area contributed by atoms with Crippen molar-refractivity contribution in [2.75, 3.05) is 13.7 Å². The van der Waals surface area contributed by atoms with Crippen LogP contribution in [0.4, 0.5) is 0 Å². The van der Waals surface area contributed by atoms with E-state index in [1.807, 2.05) is 6.92 Å². The minimum atomic E-state index is -0.607. The minimum absolute atomic E-state index is 0.136. The number of rotatable bonds is 4. The summed E-state index contributed by atoms with van der Waals surface area (Å²) in [6.07, 6.45) is 6.03. The maximum atomic E-state index is 11.9. The Morgan fingerprint density at radius 2 is 1.94 bits per heavy atom. The molecule has 104 valence electrons. The van der Waals surface area contributed by atoms with Crippen molar-refractivity contribution in [3.8, 4) is 0 Å². The summed E-state index contributed by atoms with van der Waals surface area (Å²) in [5.74, 6) is -1.10. The molecule has 18 heavy (non-hydrogen) atoms. The molecule has 0 spiro atoms. The summed E-state index contributed by atoms with van der Waals surface area (Å²) in [6.45, 7) is 1.72. The number of amides is 2. The van der Waals surface area contributed by atoms with Crippen LogP contribution >= 0.6 is 0 Å². The van der Waals surface area contributed by atoms with E-state index in [9.17, 15) is 9.59 Å². The summed E-state index contributed by atoms with van der Waals surface area (Å²) in [7, 11) is 1.69. The first-order valence-electron chi connectivity index (χ1n) is 6.78. The van der Waals surface area contributed by atoms with Crippen molar-refractivity contribution in [2.45, 2.75) is 57.5 Å². The van der Waals surface area contributed by atoms with Crippen LogP contribution in [-0.4, -0.2) is 47.6 Å². The highest BCUT2D eigenvalue weighted by Gasteiger charge is 2.27. The first kappa shape index (κ1) is 15.0. The number of likely N-dealkylation sites (N-methyl/N-ethyl adjacent to an activating group) is 1. The molecule has 5 nitrogen and oxygen atoms in total. The molecule has 1 fully saturated rings. The first-order chi connectivity index (χ1) is 8.60. The number of aliphatic hydroxyl groups excluding tert-OH is 1.